The molecule has 0 aliphatic heterocycles. The van der Waals surface area contributed by atoms with E-state index < -0.39 is 5.97 Å². The number of aromatic carboxylic acids is 1. The Hall–Kier alpha value is -2.22. The molecule has 3 aromatic rings. The fourth-order valence-electron chi connectivity index (χ4n) is 2.59. The van der Waals surface area contributed by atoms with Gasteiger partial charge in [-0.3, -0.25) is 4.68 Å². The smallest absolute Gasteiger partial charge is 0.354 e. The van der Waals surface area contributed by atoms with Crippen molar-refractivity contribution in [2.75, 3.05) is 0 Å². The average molecular weight is 364 g/mol. The van der Waals surface area contributed by atoms with Crippen LogP contribution in [0.1, 0.15) is 28.8 Å². The monoisotopic (exact) mass is 363 g/mol. The van der Waals surface area contributed by atoms with Crippen LogP contribution < -0.4 is 0 Å². The van der Waals surface area contributed by atoms with E-state index in [4.69, 9.17) is 0 Å². The molecule has 0 fully saturated rings. The zero-order valence-electron chi connectivity index (χ0n) is 12.3. The summed E-state index contributed by atoms with van der Waals surface area (Å²) in [6.45, 7) is 6.61. The molecule has 0 aliphatic carbocycles. The van der Waals surface area contributed by atoms with Crippen LogP contribution in [-0.2, 0) is 6.54 Å². The van der Waals surface area contributed by atoms with Crippen molar-refractivity contribution in [3.05, 3.63) is 33.8 Å². The van der Waals surface area contributed by atoms with Gasteiger partial charge in [0.1, 0.15) is 0 Å². The van der Waals surface area contributed by atoms with Crippen molar-refractivity contribution in [1.82, 2.24) is 24.4 Å². The molecule has 0 spiro atoms. The van der Waals surface area contributed by atoms with Gasteiger partial charge in [0, 0.05) is 17.8 Å². The summed E-state index contributed by atoms with van der Waals surface area (Å²) in [6, 6.07) is 1.53. The summed E-state index contributed by atoms with van der Waals surface area (Å²) in [7, 11) is 0. The summed E-state index contributed by atoms with van der Waals surface area (Å²) < 4.78 is 3.84. The number of hydrogen-bond acceptors (Lipinski definition) is 4. The maximum absolute atomic E-state index is 11.5. The molecule has 0 amide bonds. The van der Waals surface area contributed by atoms with E-state index >= 15 is 0 Å². The van der Waals surface area contributed by atoms with Gasteiger partial charge < -0.3 is 5.11 Å². The minimum atomic E-state index is -1.05. The minimum absolute atomic E-state index is 0.0637. The summed E-state index contributed by atoms with van der Waals surface area (Å²) in [6.07, 6.45) is 1.54. The third kappa shape index (κ3) is 2.10. The van der Waals surface area contributed by atoms with Crippen molar-refractivity contribution in [3.8, 4) is 11.3 Å². The highest BCUT2D eigenvalue weighted by Gasteiger charge is 2.20. The number of halogens is 1. The van der Waals surface area contributed by atoms with E-state index in [-0.39, 0.29) is 5.69 Å². The Bertz CT molecular complexity index is 896. The molecule has 0 radical (unpaired) electrons. The van der Waals surface area contributed by atoms with Crippen LogP contribution in [0.5, 0.6) is 0 Å². The maximum Gasteiger partial charge on any atom is 0.354 e. The van der Waals surface area contributed by atoms with Gasteiger partial charge in [-0.2, -0.15) is 10.2 Å². The summed E-state index contributed by atoms with van der Waals surface area (Å²) in [5, 5.41) is 17.9. The molecule has 0 aromatic carbocycles. The van der Waals surface area contributed by atoms with Crippen molar-refractivity contribution in [3.63, 3.8) is 0 Å². The number of nitrogens with zero attached hydrogens (tertiary/aromatic N) is 5. The molecule has 0 saturated carbocycles. The van der Waals surface area contributed by atoms with Crippen LogP contribution in [0, 0.1) is 13.8 Å². The van der Waals surface area contributed by atoms with Crippen LogP contribution in [0.2, 0.25) is 0 Å². The fraction of sp³-hybridized carbons (Fsp3) is 0.286. The zero-order valence-corrected chi connectivity index (χ0v) is 13.9. The van der Waals surface area contributed by atoms with E-state index in [1.807, 2.05) is 25.5 Å². The van der Waals surface area contributed by atoms with Crippen LogP contribution in [0.15, 0.2) is 16.7 Å². The summed E-state index contributed by atoms with van der Waals surface area (Å²) >= 11 is 3.35. The van der Waals surface area contributed by atoms with Gasteiger partial charge in [-0.25, -0.2) is 14.3 Å². The van der Waals surface area contributed by atoms with Gasteiger partial charge in [-0.05, 0) is 42.8 Å². The van der Waals surface area contributed by atoms with Crippen LogP contribution in [-0.4, -0.2) is 35.5 Å². The molecular weight excluding hydrogens is 350 g/mol. The number of carbonyl (C=O) groups is 1. The van der Waals surface area contributed by atoms with Gasteiger partial charge in [0.2, 0.25) is 0 Å². The minimum Gasteiger partial charge on any atom is -0.477 e. The lowest BCUT2D eigenvalue weighted by Gasteiger charge is -2.06. The molecule has 3 rings (SSSR count). The van der Waals surface area contributed by atoms with E-state index in [1.165, 1.54) is 16.8 Å². The normalized spacial score (nSPS) is 11.3. The van der Waals surface area contributed by atoms with E-state index in [0.29, 0.717) is 15.8 Å². The van der Waals surface area contributed by atoms with Gasteiger partial charge in [0.15, 0.2) is 11.3 Å². The first-order valence-corrected chi connectivity index (χ1v) is 7.55. The molecule has 22 heavy (non-hydrogen) atoms. The second-order valence-electron chi connectivity index (χ2n) is 4.92. The standard InChI is InChI=1S/C14H14BrN5O2/c1-4-19-8(3)12(7(2)18-19)10-5-11(14(21)22)20-13(17-10)9(15)6-16-20/h5-6H,4H2,1-3H3,(H,21,22). The Balaban J connectivity index is 2.34. The zero-order chi connectivity index (χ0) is 16.0. The highest BCUT2D eigenvalue weighted by Crippen LogP contribution is 2.28. The molecule has 0 unspecified atom stereocenters. The van der Waals surface area contributed by atoms with Gasteiger partial charge >= 0.3 is 5.97 Å². The van der Waals surface area contributed by atoms with Crippen LogP contribution in [0.4, 0.5) is 0 Å². The Labute approximate surface area is 134 Å². The number of fused-ring (bicyclic) bond motifs is 1. The van der Waals surface area contributed by atoms with Crippen molar-refractivity contribution < 1.29 is 9.90 Å². The lowest BCUT2D eigenvalue weighted by Crippen LogP contribution is -2.08. The summed E-state index contributed by atoms with van der Waals surface area (Å²) in [5.41, 5.74) is 3.76. The average Bonchev–Trinajstić information content (AvgIpc) is 2.98. The van der Waals surface area contributed by atoms with Crippen molar-refractivity contribution in [2.24, 2.45) is 0 Å². The van der Waals surface area contributed by atoms with Crippen molar-refractivity contribution in [2.45, 2.75) is 27.3 Å². The lowest BCUT2D eigenvalue weighted by molar-refractivity contribution is 0.0687. The molecule has 7 nitrogen and oxygen atoms in total. The van der Waals surface area contributed by atoms with Gasteiger partial charge in [0.25, 0.3) is 0 Å². The van der Waals surface area contributed by atoms with Gasteiger partial charge in [-0.15, -0.1) is 0 Å². The molecule has 3 aromatic heterocycles. The van der Waals surface area contributed by atoms with E-state index in [2.05, 4.69) is 31.1 Å². The molecule has 0 bridgehead atoms. The Morgan fingerprint density at radius 2 is 2.14 bits per heavy atom. The first-order chi connectivity index (χ1) is 10.4. The summed E-state index contributed by atoms with van der Waals surface area (Å²) in [4.78, 5) is 16.1. The first-order valence-electron chi connectivity index (χ1n) is 6.76. The molecule has 114 valence electrons. The SMILES string of the molecule is CCn1nc(C)c(-c2cc(C(=O)O)n3ncc(Br)c3n2)c1C. The molecular formula is C14H14BrN5O2. The molecule has 0 saturated heterocycles. The maximum atomic E-state index is 11.5. The summed E-state index contributed by atoms with van der Waals surface area (Å²) in [5.74, 6) is -1.05. The van der Waals surface area contributed by atoms with E-state index in [0.717, 1.165) is 23.5 Å². The van der Waals surface area contributed by atoms with E-state index in [1.54, 1.807) is 0 Å². The highest BCUT2D eigenvalue weighted by atomic mass is 79.9. The van der Waals surface area contributed by atoms with Gasteiger partial charge in [0.05, 0.1) is 22.1 Å². The third-order valence-electron chi connectivity index (χ3n) is 3.59. The number of rotatable bonds is 3. The first kappa shape index (κ1) is 14.7. The predicted molar refractivity (Wildman–Crippen MR) is 84.0 cm³/mol. The second-order valence-corrected chi connectivity index (χ2v) is 5.78. The van der Waals surface area contributed by atoms with E-state index in [9.17, 15) is 9.90 Å². The van der Waals surface area contributed by atoms with Crippen molar-refractivity contribution in [1.29, 1.82) is 0 Å². The van der Waals surface area contributed by atoms with Crippen LogP contribution in [0.25, 0.3) is 16.9 Å². The van der Waals surface area contributed by atoms with Crippen LogP contribution >= 0.6 is 15.9 Å². The molecule has 0 atom stereocenters. The highest BCUT2D eigenvalue weighted by molar-refractivity contribution is 9.10. The number of carboxylic acid groups (broad SMARTS) is 1. The Morgan fingerprint density at radius 1 is 1.41 bits per heavy atom. The van der Waals surface area contributed by atoms with Crippen LogP contribution in [0.3, 0.4) is 0 Å². The predicted octanol–water partition coefficient (Wildman–Crippen LogP) is 2.69. The van der Waals surface area contributed by atoms with Gasteiger partial charge in [-0.1, -0.05) is 0 Å². The fourth-order valence-corrected chi connectivity index (χ4v) is 2.94. The number of hydrogen-bond donors (Lipinski definition) is 1. The molecule has 8 heteroatoms. The largest absolute Gasteiger partial charge is 0.477 e. The quantitative estimate of drug-likeness (QED) is 0.772. The lowest BCUT2D eigenvalue weighted by atomic mass is 10.1. The third-order valence-corrected chi connectivity index (χ3v) is 4.14. The second kappa shape index (κ2) is 5.20. The topological polar surface area (TPSA) is 85.3 Å². The number of aryl methyl sites for hydroxylation is 2. The molecule has 0 aliphatic rings. The Morgan fingerprint density at radius 3 is 2.73 bits per heavy atom. The number of carboxylic acids is 1. The molecule has 3 heterocycles. The van der Waals surface area contributed by atoms with Crippen molar-refractivity contribution >= 4 is 27.5 Å². The molecule has 1 N–H and O–H groups in total. The number of aromatic nitrogens is 5. The Kier molecular flexibility index (Phi) is 3.48.